The van der Waals surface area contributed by atoms with Gasteiger partial charge in [-0.25, -0.2) is 4.98 Å². The van der Waals surface area contributed by atoms with Crippen LogP contribution < -0.4 is 10.2 Å². The van der Waals surface area contributed by atoms with E-state index in [1.807, 2.05) is 12.4 Å². The first kappa shape index (κ1) is 13.5. The van der Waals surface area contributed by atoms with Crippen molar-refractivity contribution < 1.29 is 0 Å². The molecule has 0 aliphatic carbocycles. The average Bonchev–Trinajstić information content (AvgIpc) is 2.90. The highest BCUT2D eigenvalue weighted by Crippen LogP contribution is 2.19. The van der Waals surface area contributed by atoms with Crippen molar-refractivity contribution in [3.63, 3.8) is 0 Å². The number of imidazole rings is 1. The second-order valence-electron chi connectivity index (χ2n) is 4.34. The lowest BCUT2D eigenvalue weighted by atomic mass is 10.2. The van der Waals surface area contributed by atoms with Crippen LogP contribution in [0.5, 0.6) is 0 Å². The van der Waals surface area contributed by atoms with Crippen LogP contribution in [0.1, 0.15) is 20.8 Å². The maximum absolute atomic E-state index is 4.31. The van der Waals surface area contributed by atoms with Gasteiger partial charge in [0.05, 0.1) is 0 Å². The first-order valence-electron chi connectivity index (χ1n) is 6.92. The molecule has 0 unspecified atom stereocenters. The van der Waals surface area contributed by atoms with Crippen LogP contribution in [0, 0.1) is 0 Å². The standard InChI is InChI=1S/C15H22N4/c1-4-16-15-17-11-12-19(15)14-9-7-13(8-10-14)18(5-2)6-3/h7-12H,4-6H2,1-3H3,(H,16,17). The number of nitrogens with zero attached hydrogens (tertiary/aromatic N) is 3. The molecule has 19 heavy (non-hydrogen) atoms. The Balaban J connectivity index is 2.24. The molecule has 0 bridgehead atoms. The first-order chi connectivity index (χ1) is 9.30. The van der Waals surface area contributed by atoms with Crippen LogP contribution in [0.15, 0.2) is 36.7 Å². The number of rotatable bonds is 6. The zero-order valence-corrected chi connectivity index (χ0v) is 11.9. The van der Waals surface area contributed by atoms with Crippen LogP contribution in [0.3, 0.4) is 0 Å². The number of hydrogen-bond donors (Lipinski definition) is 1. The third-order valence-electron chi connectivity index (χ3n) is 3.23. The number of aromatic nitrogens is 2. The predicted octanol–water partition coefficient (Wildman–Crippen LogP) is 3.15. The van der Waals surface area contributed by atoms with Crippen molar-refractivity contribution in [3.8, 4) is 5.69 Å². The van der Waals surface area contributed by atoms with Gasteiger partial charge in [-0.05, 0) is 45.0 Å². The van der Waals surface area contributed by atoms with Crippen molar-refractivity contribution in [1.82, 2.24) is 9.55 Å². The second-order valence-corrected chi connectivity index (χ2v) is 4.34. The fourth-order valence-corrected chi connectivity index (χ4v) is 2.21. The van der Waals surface area contributed by atoms with Crippen molar-refractivity contribution in [2.45, 2.75) is 20.8 Å². The Labute approximate surface area is 115 Å². The van der Waals surface area contributed by atoms with Crippen molar-refractivity contribution >= 4 is 11.6 Å². The maximum Gasteiger partial charge on any atom is 0.207 e. The van der Waals surface area contributed by atoms with E-state index in [1.54, 1.807) is 0 Å². The molecular formula is C15H22N4. The molecule has 0 saturated heterocycles. The van der Waals surface area contributed by atoms with E-state index in [2.05, 4.69) is 64.8 Å². The Morgan fingerprint density at radius 2 is 1.79 bits per heavy atom. The summed E-state index contributed by atoms with van der Waals surface area (Å²) >= 11 is 0. The minimum absolute atomic E-state index is 0.870. The monoisotopic (exact) mass is 258 g/mol. The average molecular weight is 258 g/mol. The summed E-state index contributed by atoms with van der Waals surface area (Å²) in [6.07, 6.45) is 3.79. The van der Waals surface area contributed by atoms with E-state index in [9.17, 15) is 0 Å². The van der Waals surface area contributed by atoms with Gasteiger partial charge in [0.25, 0.3) is 0 Å². The maximum atomic E-state index is 4.31. The lowest BCUT2D eigenvalue weighted by molar-refractivity contribution is 0.865. The summed E-state index contributed by atoms with van der Waals surface area (Å²) in [5, 5.41) is 3.26. The van der Waals surface area contributed by atoms with Crippen LogP contribution in [0.2, 0.25) is 0 Å². The summed E-state index contributed by atoms with van der Waals surface area (Å²) in [5.41, 5.74) is 2.39. The lowest BCUT2D eigenvalue weighted by Gasteiger charge is -2.21. The summed E-state index contributed by atoms with van der Waals surface area (Å²) in [5.74, 6) is 0.887. The van der Waals surface area contributed by atoms with E-state index in [4.69, 9.17) is 0 Å². The van der Waals surface area contributed by atoms with Gasteiger partial charge < -0.3 is 10.2 Å². The second kappa shape index (κ2) is 6.27. The zero-order valence-electron chi connectivity index (χ0n) is 11.9. The summed E-state index contributed by atoms with van der Waals surface area (Å²) in [6, 6.07) is 8.60. The van der Waals surface area contributed by atoms with Crippen molar-refractivity contribution in [3.05, 3.63) is 36.7 Å². The summed E-state index contributed by atoms with van der Waals surface area (Å²) < 4.78 is 2.06. The molecule has 1 aromatic carbocycles. The molecule has 0 saturated carbocycles. The van der Waals surface area contributed by atoms with Crippen LogP contribution in [-0.2, 0) is 0 Å². The van der Waals surface area contributed by atoms with Gasteiger partial charge >= 0.3 is 0 Å². The minimum Gasteiger partial charge on any atom is -0.372 e. The van der Waals surface area contributed by atoms with E-state index in [0.29, 0.717) is 0 Å². The number of anilines is 2. The van der Waals surface area contributed by atoms with Crippen molar-refractivity contribution in [2.75, 3.05) is 29.9 Å². The zero-order chi connectivity index (χ0) is 13.7. The molecule has 4 nitrogen and oxygen atoms in total. The molecule has 0 amide bonds. The van der Waals surface area contributed by atoms with Gasteiger partial charge in [0.15, 0.2) is 0 Å². The normalized spacial score (nSPS) is 10.5. The molecule has 1 aromatic heterocycles. The highest BCUT2D eigenvalue weighted by Gasteiger charge is 2.05. The van der Waals surface area contributed by atoms with E-state index in [0.717, 1.165) is 31.3 Å². The molecule has 2 rings (SSSR count). The van der Waals surface area contributed by atoms with Gasteiger partial charge in [0.1, 0.15) is 0 Å². The number of nitrogens with one attached hydrogen (secondary N) is 1. The smallest absolute Gasteiger partial charge is 0.207 e. The van der Waals surface area contributed by atoms with Gasteiger partial charge in [-0.15, -0.1) is 0 Å². The highest BCUT2D eigenvalue weighted by atomic mass is 15.2. The van der Waals surface area contributed by atoms with Gasteiger partial charge in [0, 0.05) is 43.4 Å². The highest BCUT2D eigenvalue weighted by molar-refractivity contribution is 5.52. The van der Waals surface area contributed by atoms with Crippen LogP contribution >= 0.6 is 0 Å². The van der Waals surface area contributed by atoms with Crippen LogP contribution in [0.4, 0.5) is 11.6 Å². The number of benzene rings is 1. The van der Waals surface area contributed by atoms with Gasteiger partial charge in [0.2, 0.25) is 5.95 Å². The Morgan fingerprint density at radius 1 is 1.11 bits per heavy atom. The topological polar surface area (TPSA) is 33.1 Å². The van der Waals surface area contributed by atoms with Gasteiger partial charge in [-0.3, -0.25) is 4.57 Å². The molecule has 2 aromatic rings. The lowest BCUT2D eigenvalue weighted by Crippen LogP contribution is -2.21. The van der Waals surface area contributed by atoms with Gasteiger partial charge in [-0.1, -0.05) is 0 Å². The fourth-order valence-electron chi connectivity index (χ4n) is 2.21. The molecule has 0 atom stereocenters. The Kier molecular flexibility index (Phi) is 4.44. The third kappa shape index (κ3) is 2.89. The third-order valence-corrected chi connectivity index (χ3v) is 3.23. The largest absolute Gasteiger partial charge is 0.372 e. The molecule has 1 N–H and O–H groups in total. The van der Waals surface area contributed by atoms with Crippen LogP contribution in [0.25, 0.3) is 5.69 Å². The Hall–Kier alpha value is -1.97. The predicted molar refractivity (Wildman–Crippen MR) is 81.3 cm³/mol. The molecule has 0 aliphatic heterocycles. The fraction of sp³-hybridized carbons (Fsp3) is 0.400. The van der Waals surface area contributed by atoms with Gasteiger partial charge in [-0.2, -0.15) is 0 Å². The van der Waals surface area contributed by atoms with Crippen molar-refractivity contribution in [1.29, 1.82) is 0 Å². The summed E-state index contributed by atoms with van der Waals surface area (Å²) in [4.78, 5) is 6.65. The quantitative estimate of drug-likeness (QED) is 0.864. The summed E-state index contributed by atoms with van der Waals surface area (Å²) in [6.45, 7) is 9.36. The number of hydrogen-bond acceptors (Lipinski definition) is 3. The molecule has 0 radical (unpaired) electrons. The molecule has 0 fully saturated rings. The molecular weight excluding hydrogens is 236 g/mol. The SMILES string of the molecule is CCNc1nccn1-c1ccc(N(CC)CC)cc1. The Bertz CT molecular complexity index is 497. The molecule has 4 heteroatoms. The molecule has 0 spiro atoms. The van der Waals surface area contributed by atoms with Crippen molar-refractivity contribution in [2.24, 2.45) is 0 Å². The van der Waals surface area contributed by atoms with E-state index >= 15 is 0 Å². The van der Waals surface area contributed by atoms with Crippen LogP contribution in [-0.4, -0.2) is 29.2 Å². The van der Waals surface area contributed by atoms with E-state index in [1.165, 1.54) is 5.69 Å². The molecule has 1 heterocycles. The molecule has 102 valence electrons. The van der Waals surface area contributed by atoms with E-state index in [-0.39, 0.29) is 0 Å². The summed E-state index contributed by atoms with van der Waals surface area (Å²) in [7, 11) is 0. The van der Waals surface area contributed by atoms with E-state index < -0.39 is 0 Å². The molecule has 0 aliphatic rings. The Morgan fingerprint density at radius 3 is 2.37 bits per heavy atom. The first-order valence-corrected chi connectivity index (χ1v) is 6.92. The minimum atomic E-state index is 0.870.